The molecular formula is C16H22N2O. The fourth-order valence-corrected chi connectivity index (χ4v) is 2.16. The second kappa shape index (κ2) is 6.53. The lowest BCUT2D eigenvalue weighted by molar-refractivity contribution is 0.0963. The third-order valence-electron chi connectivity index (χ3n) is 3.47. The van der Waals surface area contributed by atoms with Crippen molar-refractivity contribution >= 4 is 5.91 Å². The average Bonchev–Trinajstić information content (AvgIpc) is 3.28. The normalized spacial score (nSPS) is 15.1. The van der Waals surface area contributed by atoms with Crippen molar-refractivity contribution < 1.29 is 4.79 Å². The van der Waals surface area contributed by atoms with Crippen LogP contribution in [-0.2, 0) is 6.54 Å². The summed E-state index contributed by atoms with van der Waals surface area (Å²) < 4.78 is 0. The Labute approximate surface area is 115 Å². The van der Waals surface area contributed by atoms with E-state index in [9.17, 15) is 4.79 Å². The fraction of sp³-hybridized carbons (Fsp3) is 0.438. The van der Waals surface area contributed by atoms with E-state index in [1.54, 1.807) is 7.05 Å². The zero-order valence-electron chi connectivity index (χ0n) is 11.7. The summed E-state index contributed by atoms with van der Waals surface area (Å²) in [6, 6.07) is 8.64. The van der Waals surface area contributed by atoms with Crippen molar-refractivity contribution in [2.45, 2.75) is 32.4 Å². The maximum Gasteiger partial charge on any atom is 0.251 e. The molecule has 0 atom stereocenters. The molecule has 0 radical (unpaired) electrons. The number of carbonyl (C=O) groups excluding carboxylic acids is 1. The predicted molar refractivity (Wildman–Crippen MR) is 78.1 cm³/mol. The largest absolute Gasteiger partial charge is 0.355 e. The molecule has 0 heterocycles. The Hall–Kier alpha value is -1.61. The Bertz CT molecular complexity index is 446. The summed E-state index contributed by atoms with van der Waals surface area (Å²) in [6.45, 7) is 4.03. The van der Waals surface area contributed by atoms with Gasteiger partial charge in [0, 0.05) is 31.7 Å². The van der Waals surface area contributed by atoms with Gasteiger partial charge < -0.3 is 5.32 Å². The van der Waals surface area contributed by atoms with Crippen molar-refractivity contribution in [3.63, 3.8) is 0 Å². The first kappa shape index (κ1) is 13.8. The van der Waals surface area contributed by atoms with Gasteiger partial charge in [-0.05, 0) is 37.5 Å². The minimum absolute atomic E-state index is 0.0282. The van der Waals surface area contributed by atoms with Gasteiger partial charge in [-0.3, -0.25) is 9.69 Å². The fourth-order valence-electron chi connectivity index (χ4n) is 2.16. The molecule has 1 amide bonds. The van der Waals surface area contributed by atoms with Gasteiger partial charge in [-0.1, -0.05) is 24.3 Å². The van der Waals surface area contributed by atoms with Crippen LogP contribution < -0.4 is 5.32 Å². The standard InChI is InChI=1S/C16H22N2O/c1-3-4-11-18(15-9-10-15)12-13-5-7-14(8-6-13)16(19)17-2/h3-8,15H,9-12H2,1-2H3,(H,17,19). The second-order valence-corrected chi connectivity index (χ2v) is 5.01. The number of allylic oxidation sites excluding steroid dienone is 1. The molecule has 1 aromatic carbocycles. The molecule has 1 N–H and O–H groups in total. The molecule has 3 heteroatoms. The molecule has 19 heavy (non-hydrogen) atoms. The van der Waals surface area contributed by atoms with Crippen LogP contribution >= 0.6 is 0 Å². The van der Waals surface area contributed by atoms with Gasteiger partial charge in [0.25, 0.3) is 5.91 Å². The lowest BCUT2D eigenvalue weighted by Gasteiger charge is -2.20. The third kappa shape index (κ3) is 3.93. The summed E-state index contributed by atoms with van der Waals surface area (Å²) in [4.78, 5) is 14.0. The van der Waals surface area contributed by atoms with Crippen LogP contribution in [0, 0.1) is 0 Å². The zero-order valence-corrected chi connectivity index (χ0v) is 11.7. The van der Waals surface area contributed by atoms with Crippen LogP contribution in [0.25, 0.3) is 0 Å². The zero-order chi connectivity index (χ0) is 13.7. The number of benzene rings is 1. The molecule has 3 nitrogen and oxygen atoms in total. The first-order valence-electron chi connectivity index (χ1n) is 6.91. The van der Waals surface area contributed by atoms with Gasteiger partial charge in [0.15, 0.2) is 0 Å². The molecular weight excluding hydrogens is 236 g/mol. The quantitative estimate of drug-likeness (QED) is 0.795. The average molecular weight is 258 g/mol. The molecule has 1 aliphatic carbocycles. The van der Waals surface area contributed by atoms with E-state index in [1.165, 1.54) is 18.4 Å². The van der Waals surface area contributed by atoms with Crippen LogP contribution in [0.3, 0.4) is 0 Å². The number of rotatable bonds is 6. The van der Waals surface area contributed by atoms with E-state index in [0.29, 0.717) is 0 Å². The minimum Gasteiger partial charge on any atom is -0.355 e. The number of nitrogens with one attached hydrogen (secondary N) is 1. The highest BCUT2D eigenvalue weighted by Gasteiger charge is 2.27. The Morgan fingerprint density at radius 1 is 1.37 bits per heavy atom. The van der Waals surface area contributed by atoms with Gasteiger partial charge >= 0.3 is 0 Å². The maximum atomic E-state index is 11.5. The molecule has 1 saturated carbocycles. The van der Waals surface area contributed by atoms with E-state index in [2.05, 4.69) is 41.4 Å². The molecule has 0 spiro atoms. The van der Waals surface area contributed by atoms with Gasteiger partial charge in [-0.25, -0.2) is 0 Å². The van der Waals surface area contributed by atoms with Crippen molar-refractivity contribution in [3.8, 4) is 0 Å². The van der Waals surface area contributed by atoms with Gasteiger partial charge in [0.05, 0.1) is 0 Å². The molecule has 1 aliphatic rings. The van der Waals surface area contributed by atoms with E-state index in [4.69, 9.17) is 0 Å². The monoisotopic (exact) mass is 258 g/mol. The number of carbonyl (C=O) groups is 1. The minimum atomic E-state index is -0.0282. The first-order chi connectivity index (χ1) is 9.24. The highest BCUT2D eigenvalue weighted by Crippen LogP contribution is 2.28. The molecule has 0 bridgehead atoms. The third-order valence-corrected chi connectivity index (χ3v) is 3.47. The molecule has 102 valence electrons. The Balaban J connectivity index is 1.98. The summed E-state index contributed by atoms with van der Waals surface area (Å²) in [5.41, 5.74) is 1.99. The van der Waals surface area contributed by atoms with Crippen molar-refractivity contribution in [3.05, 3.63) is 47.5 Å². The number of hydrogen-bond acceptors (Lipinski definition) is 2. The highest BCUT2D eigenvalue weighted by molar-refractivity contribution is 5.93. The van der Waals surface area contributed by atoms with Crippen LogP contribution in [0.2, 0.25) is 0 Å². The number of hydrogen-bond donors (Lipinski definition) is 1. The Morgan fingerprint density at radius 3 is 2.58 bits per heavy atom. The number of nitrogens with zero attached hydrogens (tertiary/aromatic N) is 1. The van der Waals surface area contributed by atoms with E-state index >= 15 is 0 Å². The summed E-state index contributed by atoms with van der Waals surface area (Å²) in [6.07, 6.45) is 6.93. The van der Waals surface area contributed by atoms with Gasteiger partial charge in [0.1, 0.15) is 0 Å². The summed E-state index contributed by atoms with van der Waals surface area (Å²) in [5.74, 6) is -0.0282. The lowest BCUT2D eigenvalue weighted by atomic mass is 10.1. The Morgan fingerprint density at radius 2 is 2.05 bits per heavy atom. The van der Waals surface area contributed by atoms with Crippen LogP contribution in [0.15, 0.2) is 36.4 Å². The summed E-state index contributed by atoms with van der Waals surface area (Å²) in [5, 5.41) is 2.64. The maximum absolute atomic E-state index is 11.5. The summed E-state index contributed by atoms with van der Waals surface area (Å²) in [7, 11) is 1.65. The molecule has 0 unspecified atom stereocenters. The van der Waals surface area contributed by atoms with E-state index in [1.807, 2.05) is 12.1 Å². The van der Waals surface area contributed by atoms with Crippen LogP contribution in [-0.4, -0.2) is 30.4 Å². The smallest absolute Gasteiger partial charge is 0.251 e. The van der Waals surface area contributed by atoms with Crippen LogP contribution in [0.4, 0.5) is 0 Å². The van der Waals surface area contributed by atoms with Gasteiger partial charge in [-0.15, -0.1) is 0 Å². The van der Waals surface area contributed by atoms with Crippen LogP contribution in [0.5, 0.6) is 0 Å². The molecule has 0 aromatic heterocycles. The predicted octanol–water partition coefficient (Wildman–Crippen LogP) is 2.59. The van der Waals surface area contributed by atoms with Crippen molar-refractivity contribution in [1.29, 1.82) is 0 Å². The van der Waals surface area contributed by atoms with Gasteiger partial charge in [-0.2, -0.15) is 0 Å². The van der Waals surface area contributed by atoms with E-state index in [0.717, 1.165) is 24.7 Å². The summed E-state index contributed by atoms with van der Waals surface area (Å²) >= 11 is 0. The second-order valence-electron chi connectivity index (χ2n) is 5.01. The molecule has 1 fully saturated rings. The van der Waals surface area contributed by atoms with Crippen molar-refractivity contribution in [2.24, 2.45) is 0 Å². The highest BCUT2D eigenvalue weighted by atomic mass is 16.1. The van der Waals surface area contributed by atoms with Gasteiger partial charge in [0.2, 0.25) is 0 Å². The SMILES string of the molecule is CC=CCN(Cc1ccc(C(=O)NC)cc1)C1CC1. The van der Waals surface area contributed by atoms with Crippen molar-refractivity contribution in [2.75, 3.05) is 13.6 Å². The molecule has 0 saturated heterocycles. The Kier molecular flexibility index (Phi) is 4.74. The molecule has 0 aliphatic heterocycles. The van der Waals surface area contributed by atoms with Crippen molar-refractivity contribution in [1.82, 2.24) is 10.2 Å². The van der Waals surface area contributed by atoms with Crippen LogP contribution in [0.1, 0.15) is 35.7 Å². The first-order valence-corrected chi connectivity index (χ1v) is 6.91. The van der Waals surface area contributed by atoms with E-state index in [-0.39, 0.29) is 5.91 Å². The molecule has 2 rings (SSSR count). The van der Waals surface area contributed by atoms with E-state index < -0.39 is 0 Å². The molecule has 1 aromatic rings. The number of amides is 1. The topological polar surface area (TPSA) is 32.3 Å². The lowest BCUT2D eigenvalue weighted by Crippen LogP contribution is -2.25.